The number of nitrogens with zero attached hydrogens (tertiary/aromatic N) is 1. The molecule has 5 N–H and O–H groups in total. The fraction of sp³-hybridized carbons (Fsp3) is 0.667. The van der Waals surface area contributed by atoms with Crippen LogP contribution in [0.5, 0.6) is 5.75 Å². The number of rotatable bonds is 14. The molecule has 3 rings (SSSR count). The van der Waals surface area contributed by atoms with Gasteiger partial charge in [0.15, 0.2) is 0 Å². The first-order valence-electron chi connectivity index (χ1n) is 10.7. The lowest BCUT2D eigenvalue weighted by Crippen LogP contribution is -2.68. The summed E-state index contributed by atoms with van der Waals surface area (Å²) in [6.45, 7) is 1.92. The van der Waals surface area contributed by atoms with Crippen molar-refractivity contribution in [3.8, 4) is 11.8 Å². The van der Waals surface area contributed by atoms with E-state index in [1.807, 2.05) is 0 Å². The molecule has 2 saturated heterocycles. The van der Waals surface area contributed by atoms with Crippen LogP contribution in [0.2, 0.25) is 0 Å². The molecule has 0 saturated carbocycles. The zero-order chi connectivity index (χ0) is 22.8. The molecule has 31 heavy (non-hydrogen) atoms. The number of fused-ring (bicyclic) bond motifs is 1. The Kier molecular flexibility index (Phi) is 7.14. The van der Waals surface area contributed by atoms with Crippen LogP contribution in [0.4, 0.5) is 0 Å². The number of aryl methyl sites for hydroxylation is 1. The van der Waals surface area contributed by atoms with Crippen LogP contribution >= 0.6 is 7.60 Å². The fourth-order valence-electron chi connectivity index (χ4n) is 3.67. The number of nitriles is 1. The highest BCUT2D eigenvalue weighted by Gasteiger charge is 3.01. The predicted octanol–water partition coefficient (Wildman–Crippen LogP) is 2.51. The summed E-state index contributed by atoms with van der Waals surface area (Å²) in [6.07, 6.45) is 7.02. The SMILES string of the molecule is CCCCCCCCOc1ccc(CCC(N)(CO)C(O)(O)C23OP2(=O)O3)cc1C#N. The van der Waals surface area contributed by atoms with Gasteiger partial charge in [-0.15, -0.1) is 0 Å². The highest BCUT2D eigenvalue weighted by atomic mass is 31.2. The van der Waals surface area contributed by atoms with E-state index in [-0.39, 0.29) is 12.8 Å². The van der Waals surface area contributed by atoms with E-state index in [4.69, 9.17) is 19.5 Å². The van der Waals surface area contributed by atoms with Crippen LogP contribution in [0, 0.1) is 11.3 Å². The van der Waals surface area contributed by atoms with Gasteiger partial charge in [-0.3, -0.25) is 13.6 Å². The lowest BCUT2D eigenvalue weighted by atomic mass is 9.84. The number of aliphatic hydroxyl groups is 3. The number of ether oxygens (including phenoxy) is 1. The molecule has 0 aromatic heterocycles. The van der Waals surface area contributed by atoms with Gasteiger partial charge in [-0.25, -0.2) is 0 Å². The minimum Gasteiger partial charge on any atom is -0.492 e. The van der Waals surface area contributed by atoms with Gasteiger partial charge in [0.1, 0.15) is 11.8 Å². The van der Waals surface area contributed by atoms with Gasteiger partial charge in [0.05, 0.1) is 24.3 Å². The molecule has 10 heteroatoms. The van der Waals surface area contributed by atoms with Crippen LogP contribution in [0.3, 0.4) is 0 Å². The van der Waals surface area contributed by atoms with Crippen LogP contribution in [-0.4, -0.2) is 45.4 Å². The second kappa shape index (κ2) is 9.16. The molecule has 1 atom stereocenters. The number of aliphatic hydroxyl groups excluding tert-OH is 1. The van der Waals surface area contributed by atoms with Gasteiger partial charge in [-0.2, -0.15) is 5.26 Å². The van der Waals surface area contributed by atoms with E-state index in [9.17, 15) is 25.1 Å². The van der Waals surface area contributed by atoms with Crippen LogP contribution in [0.1, 0.15) is 63.0 Å². The highest BCUT2D eigenvalue weighted by molar-refractivity contribution is 7.68. The zero-order valence-corrected chi connectivity index (χ0v) is 18.6. The Labute approximate surface area is 182 Å². The van der Waals surface area contributed by atoms with Crippen molar-refractivity contribution in [2.75, 3.05) is 13.2 Å². The first-order chi connectivity index (χ1) is 14.7. The molecule has 1 aromatic rings. The van der Waals surface area contributed by atoms with E-state index < -0.39 is 31.1 Å². The monoisotopic (exact) mass is 454 g/mol. The van der Waals surface area contributed by atoms with Crippen molar-refractivity contribution in [2.24, 2.45) is 5.73 Å². The predicted molar refractivity (Wildman–Crippen MR) is 112 cm³/mol. The minimum atomic E-state index is -3.47. The van der Waals surface area contributed by atoms with Crippen molar-refractivity contribution >= 4 is 7.60 Å². The Morgan fingerprint density at radius 2 is 1.87 bits per heavy atom. The molecule has 172 valence electrons. The summed E-state index contributed by atoms with van der Waals surface area (Å²) >= 11 is 0. The second-order valence-electron chi connectivity index (χ2n) is 8.31. The first-order valence-corrected chi connectivity index (χ1v) is 12.2. The van der Waals surface area contributed by atoms with Gasteiger partial charge >= 0.3 is 13.1 Å². The quantitative estimate of drug-likeness (QED) is 0.143. The molecule has 0 aliphatic carbocycles. The van der Waals surface area contributed by atoms with Crippen molar-refractivity contribution in [3.05, 3.63) is 29.3 Å². The van der Waals surface area contributed by atoms with Crippen LogP contribution in [-0.2, 0) is 20.0 Å². The van der Waals surface area contributed by atoms with Crippen LogP contribution in [0.25, 0.3) is 0 Å². The second-order valence-corrected chi connectivity index (χ2v) is 10.3. The number of unbranched alkanes of at least 4 members (excludes halogenated alkanes) is 5. The van der Waals surface area contributed by atoms with Gasteiger partial charge in [0.2, 0.25) is 0 Å². The first kappa shape index (κ1) is 24.1. The Balaban J connectivity index is 1.55. The topological polar surface area (TPSA) is 162 Å². The average Bonchev–Trinajstić information content (AvgIpc) is 3.57. The molecule has 9 nitrogen and oxygen atoms in total. The van der Waals surface area contributed by atoms with E-state index in [0.29, 0.717) is 23.5 Å². The standard InChI is InChI=1S/C21H31N2O7P/c1-2-3-4-5-6-7-12-28-18-9-8-16(13-17(18)14-22)10-11-19(23,15-24)20(25,26)21-29-31(21,27)30-21/h8-9,13,24-26H,2-7,10-12,15,23H2,1H3. The van der Waals surface area contributed by atoms with Gasteiger partial charge in [-0.05, 0) is 37.0 Å². The molecule has 1 aromatic carbocycles. The lowest BCUT2D eigenvalue weighted by Gasteiger charge is -2.38. The van der Waals surface area contributed by atoms with Crippen LogP contribution in [0.15, 0.2) is 18.2 Å². The maximum atomic E-state index is 11.7. The molecule has 0 amide bonds. The summed E-state index contributed by atoms with van der Waals surface area (Å²) in [5.74, 6) is -2.32. The summed E-state index contributed by atoms with van der Waals surface area (Å²) in [7, 11) is -3.47. The Bertz CT molecular complexity index is 875. The molecule has 2 fully saturated rings. The van der Waals surface area contributed by atoms with Gasteiger partial charge in [-0.1, -0.05) is 45.1 Å². The number of hydrogen-bond acceptors (Lipinski definition) is 9. The van der Waals surface area contributed by atoms with Gasteiger partial charge in [0, 0.05) is 0 Å². The van der Waals surface area contributed by atoms with Gasteiger partial charge < -0.3 is 25.8 Å². The molecule has 2 aliphatic rings. The third kappa shape index (κ3) is 4.53. The van der Waals surface area contributed by atoms with Crippen molar-refractivity contribution < 1.29 is 33.7 Å². The lowest BCUT2D eigenvalue weighted by molar-refractivity contribution is -0.290. The summed E-state index contributed by atoms with van der Waals surface area (Å²) in [5.41, 5.74) is 3.15. The molecule has 2 aliphatic heterocycles. The van der Waals surface area contributed by atoms with Crippen molar-refractivity contribution in [1.82, 2.24) is 0 Å². The van der Waals surface area contributed by atoms with Gasteiger partial charge in [0.25, 0.3) is 5.79 Å². The maximum absolute atomic E-state index is 11.7. The molecule has 2 heterocycles. The summed E-state index contributed by atoms with van der Waals surface area (Å²) < 4.78 is 27.0. The summed E-state index contributed by atoms with van der Waals surface area (Å²) in [5, 5.41) is 40.0. The molecule has 0 bridgehead atoms. The number of nitrogens with two attached hydrogens (primary N) is 1. The molecular weight excluding hydrogens is 423 g/mol. The molecule has 1 unspecified atom stereocenters. The Morgan fingerprint density at radius 1 is 1.23 bits per heavy atom. The summed E-state index contributed by atoms with van der Waals surface area (Å²) in [4.78, 5) is 0. The normalized spacial score (nSPS) is 25.9. The van der Waals surface area contributed by atoms with E-state index in [1.54, 1.807) is 18.2 Å². The third-order valence-electron chi connectivity index (χ3n) is 5.98. The minimum absolute atomic E-state index is 0.0756. The smallest absolute Gasteiger partial charge is 0.403 e. The number of hydrogen-bond donors (Lipinski definition) is 4. The Morgan fingerprint density at radius 3 is 2.45 bits per heavy atom. The maximum Gasteiger partial charge on any atom is 0.403 e. The zero-order valence-electron chi connectivity index (χ0n) is 17.7. The van der Waals surface area contributed by atoms with Crippen molar-refractivity contribution in [1.29, 1.82) is 5.26 Å². The number of benzene rings is 1. The highest BCUT2D eigenvalue weighted by Crippen LogP contribution is 3.00. The van der Waals surface area contributed by atoms with E-state index in [1.165, 1.54) is 25.7 Å². The molecule has 0 radical (unpaired) electrons. The largest absolute Gasteiger partial charge is 0.492 e. The molecule has 0 spiro atoms. The van der Waals surface area contributed by atoms with Crippen molar-refractivity contribution in [2.45, 2.75) is 75.1 Å². The molecular formula is C21H31N2O7P. The van der Waals surface area contributed by atoms with E-state index in [0.717, 1.165) is 12.8 Å². The summed E-state index contributed by atoms with van der Waals surface area (Å²) in [6, 6.07) is 7.22. The van der Waals surface area contributed by atoms with E-state index in [2.05, 4.69) is 13.0 Å². The van der Waals surface area contributed by atoms with Crippen molar-refractivity contribution in [3.63, 3.8) is 0 Å². The van der Waals surface area contributed by atoms with Crippen LogP contribution < -0.4 is 10.5 Å². The van der Waals surface area contributed by atoms with E-state index >= 15 is 0 Å². The fourth-order valence-corrected chi connectivity index (χ4v) is 5.51. The third-order valence-corrected chi connectivity index (χ3v) is 7.86. The Hall–Kier alpha value is -1.50. The average molecular weight is 454 g/mol.